The number of nitrogens with one attached hydrogen (secondary N) is 2. The van der Waals surface area contributed by atoms with E-state index in [2.05, 4.69) is 43.5 Å². The molecule has 178 valence electrons. The lowest BCUT2D eigenvalue weighted by Crippen LogP contribution is -2.44. The second-order valence-corrected chi connectivity index (χ2v) is 9.13. The lowest BCUT2D eigenvalue weighted by molar-refractivity contribution is 0.262. The predicted molar refractivity (Wildman–Crippen MR) is 143 cm³/mol. The van der Waals surface area contributed by atoms with Gasteiger partial charge in [0.2, 0.25) is 0 Å². The number of carbonyl (C=O) groups excluding carboxylic acids is 1. The average Bonchev–Trinajstić information content (AvgIpc) is 2.84. The number of hydrogen-bond donors (Lipinski definition) is 2. The maximum atomic E-state index is 12.8. The van der Waals surface area contributed by atoms with Gasteiger partial charge in [0.25, 0.3) is 0 Å². The van der Waals surface area contributed by atoms with Crippen LogP contribution in [0.4, 0.5) is 21.9 Å². The smallest absolute Gasteiger partial charge is 0.323 e. The quantitative estimate of drug-likeness (QED) is 0.426. The number of nitrogens with zero attached hydrogens (tertiary/aromatic N) is 4. The van der Waals surface area contributed by atoms with Crippen molar-refractivity contribution in [2.75, 3.05) is 48.8 Å². The van der Waals surface area contributed by atoms with E-state index < -0.39 is 0 Å². The lowest BCUT2D eigenvalue weighted by Gasteiger charge is -2.34. The van der Waals surface area contributed by atoms with Crippen molar-refractivity contribution >= 4 is 34.0 Å². The number of rotatable bonds is 4. The Kier molecular flexibility index (Phi) is 6.33. The van der Waals surface area contributed by atoms with Crippen LogP contribution in [-0.4, -0.2) is 54.1 Å². The Balaban J connectivity index is 1.32. The molecular weight excluding hydrogens is 436 g/mol. The second kappa shape index (κ2) is 9.72. The fraction of sp³-hybridized carbons (Fsp3) is 0.250. The molecule has 5 rings (SSSR count). The van der Waals surface area contributed by atoms with Gasteiger partial charge in [0.1, 0.15) is 0 Å². The summed E-state index contributed by atoms with van der Waals surface area (Å²) in [6.07, 6.45) is 1.86. The molecule has 4 aromatic rings. The van der Waals surface area contributed by atoms with Crippen molar-refractivity contribution in [1.82, 2.24) is 14.9 Å². The van der Waals surface area contributed by atoms with Gasteiger partial charge in [-0.3, -0.25) is 9.97 Å². The molecule has 0 spiro atoms. The number of carbonyl (C=O) groups is 1. The van der Waals surface area contributed by atoms with Crippen molar-refractivity contribution in [3.8, 4) is 11.3 Å². The molecule has 0 atom stereocenters. The number of anilines is 3. The molecule has 2 aromatic heterocycles. The summed E-state index contributed by atoms with van der Waals surface area (Å²) in [5.41, 5.74) is 7.55. The van der Waals surface area contributed by atoms with Crippen LogP contribution in [0.2, 0.25) is 0 Å². The zero-order valence-electron chi connectivity index (χ0n) is 20.4. The molecule has 0 bridgehead atoms. The van der Waals surface area contributed by atoms with Gasteiger partial charge in [-0.05, 0) is 75.0 Å². The Labute approximate surface area is 205 Å². The van der Waals surface area contributed by atoms with E-state index >= 15 is 0 Å². The highest BCUT2D eigenvalue weighted by molar-refractivity contribution is 6.02. The second-order valence-electron chi connectivity index (χ2n) is 9.13. The zero-order chi connectivity index (χ0) is 24.4. The first kappa shape index (κ1) is 22.8. The van der Waals surface area contributed by atoms with Gasteiger partial charge in [-0.15, -0.1) is 0 Å². The predicted octanol–water partition coefficient (Wildman–Crippen LogP) is 5.31. The molecule has 1 saturated heterocycles. The Morgan fingerprint density at radius 2 is 1.63 bits per heavy atom. The number of piperazine rings is 1. The van der Waals surface area contributed by atoms with Gasteiger partial charge >= 0.3 is 6.03 Å². The summed E-state index contributed by atoms with van der Waals surface area (Å²) >= 11 is 0. The molecule has 0 saturated carbocycles. The molecule has 1 aliphatic rings. The maximum Gasteiger partial charge on any atom is 0.323 e. The van der Waals surface area contributed by atoms with Crippen LogP contribution in [0.25, 0.3) is 22.2 Å². The molecule has 2 aromatic carbocycles. The molecule has 7 heteroatoms. The minimum Gasteiger partial charge on any atom is -0.368 e. The third-order valence-corrected chi connectivity index (χ3v) is 6.47. The fourth-order valence-corrected chi connectivity index (χ4v) is 4.55. The van der Waals surface area contributed by atoms with E-state index in [1.54, 1.807) is 0 Å². The van der Waals surface area contributed by atoms with Crippen molar-refractivity contribution in [3.63, 3.8) is 0 Å². The Hall–Kier alpha value is -3.97. The van der Waals surface area contributed by atoms with Gasteiger partial charge < -0.3 is 20.4 Å². The average molecular weight is 467 g/mol. The van der Waals surface area contributed by atoms with E-state index in [0.29, 0.717) is 0 Å². The Morgan fingerprint density at radius 1 is 0.886 bits per heavy atom. The topological polar surface area (TPSA) is 73.4 Å². The number of amides is 2. The number of fused-ring (bicyclic) bond motifs is 1. The van der Waals surface area contributed by atoms with Crippen molar-refractivity contribution < 1.29 is 4.79 Å². The summed E-state index contributed by atoms with van der Waals surface area (Å²) in [6, 6.07) is 19.5. The van der Waals surface area contributed by atoms with Crippen LogP contribution >= 0.6 is 0 Å². The van der Waals surface area contributed by atoms with Gasteiger partial charge in [0, 0.05) is 66.1 Å². The number of urea groups is 1. The molecule has 0 aliphatic carbocycles. The largest absolute Gasteiger partial charge is 0.368 e. The molecule has 2 amide bonds. The first-order valence-electron chi connectivity index (χ1n) is 11.9. The summed E-state index contributed by atoms with van der Waals surface area (Å²) in [7, 11) is 2.15. The molecular formula is C28H30N6O. The van der Waals surface area contributed by atoms with Gasteiger partial charge in [-0.1, -0.05) is 12.1 Å². The van der Waals surface area contributed by atoms with Crippen molar-refractivity contribution in [3.05, 3.63) is 78.1 Å². The molecule has 3 heterocycles. The molecule has 35 heavy (non-hydrogen) atoms. The van der Waals surface area contributed by atoms with E-state index in [1.807, 2.05) is 74.6 Å². The number of aryl methyl sites for hydroxylation is 2. The van der Waals surface area contributed by atoms with Crippen molar-refractivity contribution in [2.45, 2.75) is 13.8 Å². The van der Waals surface area contributed by atoms with Crippen LogP contribution in [0.15, 0.2) is 66.9 Å². The van der Waals surface area contributed by atoms with Crippen molar-refractivity contribution in [1.29, 1.82) is 0 Å². The standard InChI is InChI=1S/C28H30N6O/c1-19-17-21(7-9-23(19)26-6-4-5-20(2)30-26)31-28(35)32-22-8-10-25-24(18-22)27(11-12-29-25)34-15-13-33(3)14-16-34/h4-12,17-18H,13-16H2,1-3H3,(H2,31,32,35). The number of aromatic nitrogens is 2. The summed E-state index contributed by atoms with van der Waals surface area (Å²) in [5, 5.41) is 6.97. The van der Waals surface area contributed by atoms with E-state index in [-0.39, 0.29) is 6.03 Å². The van der Waals surface area contributed by atoms with E-state index in [9.17, 15) is 4.79 Å². The summed E-state index contributed by atoms with van der Waals surface area (Å²) < 4.78 is 0. The third-order valence-electron chi connectivity index (χ3n) is 6.47. The Bertz CT molecular complexity index is 1380. The highest BCUT2D eigenvalue weighted by atomic mass is 16.2. The highest BCUT2D eigenvalue weighted by Gasteiger charge is 2.17. The van der Waals surface area contributed by atoms with Crippen molar-refractivity contribution in [2.24, 2.45) is 0 Å². The lowest BCUT2D eigenvalue weighted by atomic mass is 10.0. The summed E-state index contributed by atoms with van der Waals surface area (Å²) in [6.45, 7) is 8.02. The number of benzene rings is 2. The van der Waals surface area contributed by atoms with Crippen LogP contribution in [0.3, 0.4) is 0 Å². The van der Waals surface area contributed by atoms with Crippen LogP contribution in [0.5, 0.6) is 0 Å². The highest BCUT2D eigenvalue weighted by Crippen LogP contribution is 2.29. The van der Waals surface area contributed by atoms with E-state index in [0.717, 1.165) is 76.7 Å². The zero-order valence-corrected chi connectivity index (χ0v) is 20.4. The van der Waals surface area contributed by atoms with Crippen LogP contribution < -0.4 is 15.5 Å². The summed E-state index contributed by atoms with van der Waals surface area (Å²) in [5.74, 6) is 0. The van der Waals surface area contributed by atoms with Gasteiger partial charge in [-0.2, -0.15) is 0 Å². The summed E-state index contributed by atoms with van der Waals surface area (Å²) in [4.78, 5) is 26.6. The normalized spacial score (nSPS) is 14.2. The van der Waals surface area contributed by atoms with Crippen LogP contribution in [0, 0.1) is 13.8 Å². The molecule has 0 radical (unpaired) electrons. The fourth-order valence-electron chi connectivity index (χ4n) is 4.55. The SMILES string of the molecule is Cc1cccc(-c2ccc(NC(=O)Nc3ccc4nccc(N5CCN(C)CC5)c4c3)cc2C)n1. The van der Waals surface area contributed by atoms with Crippen LogP contribution in [-0.2, 0) is 0 Å². The van der Waals surface area contributed by atoms with Gasteiger partial charge in [0.05, 0.1) is 11.2 Å². The van der Waals surface area contributed by atoms with Gasteiger partial charge in [0.15, 0.2) is 0 Å². The maximum absolute atomic E-state index is 12.8. The molecule has 0 unspecified atom stereocenters. The van der Waals surface area contributed by atoms with E-state index in [1.165, 1.54) is 0 Å². The minimum absolute atomic E-state index is 0.282. The molecule has 7 nitrogen and oxygen atoms in total. The third kappa shape index (κ3) is 5.10. The number of likely N-dealkylation sites (N-methyl/N-ethyl adjacent to an activating group) is 1. The molecule has 1 fully saturated rings. The number of hydrogen-bond acceptors (Lipinski definition) is 5. The first-order valence-corrected chi connectivity index (χ1v) is 11.9. The minimum atomic E-state index is -0.282. The molecule has 2 N–H and O–H groups in total. The monoisotopic (exact) mass is 466 g/mol. The Morgan fingerprint density at radius 3 is 2.37 bits per heavy atom. The van der Waals surface area contributed by atoms with Gasteiger partial charge in [-0.25, -0.2) is 4.79 Å². The first-order chi connectivity index (χ1) is 17.0. The van der Waals surface area contributed by atoms with E-state index in [4.69, 9.17) is 0 Å². The number of pyridine rings is 2. The molecule has 1 aliphatic heterocycles. The van der Waals surface area contributed by atoms with Crippen LogP contribution in [0.1, 0.15) is 11.3 Å².